The van der Waals surface area contributed by atoms with E-state index in [0.717, 1.165) is 18.8 Å². The molecular weight excluding hydrogens is 264 g/mol. The van der Waals surface area contributed by atoms with Crippen LogP contribution in [-0.2, 0) is 0 Å². The van der Waals surface area contributed by atoms with Gasteiger partial charge in [-0.2, -0.15) is 10.1 Å². The molecule has 21 heavy (non-hydrogen) atoms. The minimum atomic E-state index is 0.534. The number of benzene rings is 1. The molecule has 1 heterocycles. The predicted molar refractivity (Wildman–Crippen MR) is 86.1 cm³/mol. The summed E-state index contributed by atoms with van der Waals surface area (Å²) in [7, 11) is 4.05. The highest BCUT2D eigenvalue weighted by Gasteiger charge is 2.04. The van der Waals surface area contributed by atoms with Gasteiger partial charge in [0.05, 0.1) is 6.20 Å². The summed E-state index contributed by atoms with van der Waals surface area (Å²) in [5, 5.41) is 14.4. The smallest absolute Gasteiger partial charge is 0.244 e. The number of anilines is 3. The molecule has 0 spiro atoms. The summed E-state index contributed by atoms with van der Waals surface area (Å²) < 4.78 is 0. The van der Waals surface area contributed by atoms with Crippen LogP contribution in [0.5, 0.6) is 0 Å². The zero-order valence-electron chi connectivity index (χ0n) is 13.0. The normalized spacial score (nSPS) is 10.7. The van der Waals surface area contributed by atoms with Crippen molar-refractivity contribution in [3.05, 3.63) is 35.5 Å². The van der Waals surface area contributed by atoms with Gasteiger partial charge in [0.1, 0.15) is 0 Å². The standard InChI is InChI=1S/C15H22N6/c1-11-6-5-7-13(12(11)2)18-14-10-17-20-15(19-14)16-8-9-21(3)4/h5-7,10H,8-9H2,1-4H3,(H2,16,18,19,20). The average Bonchev–Trinajstić information content (AvgIpc) is 2.44. The van der Waals surface area contributed by atoms with Crippen molar-refractivity contribution in [1.29, 1.82) is 0 Å². The van der Waals surface area contributed by atoms with Crippen molar-refractivity contribution in [2.24, 2.45) is 0 Å². The topological polar surface area (TPSA) is 66.0 Å². The Balaban J connectivity index is 2.05. The molecule has 0 radical (unpaired) electrons. The first-order chi connectivity index (χ1) is 10.1. The highest BCUT2D eigenvalue weighted by molar-refractivity contribution is 5.61. The second-order valence-electron chi connectivity index (χ2n) is 5.27. The molecule has 0 aliphatic heterocycles. The van der Waals surface area contributed by atoms with Gasteiger partial charge in [-0.3, -0.25) is 0 Å². The lowest BCUT2D eigenvalue weighted by molar-refractivity contribution is 0.425. The zero-order valence-corrected chi connectivity index (χ0v) is 13.0. The van der Waals surface area contributed by atoms with Crippen molar-refractivity contribution in [2.75, 3.05) is 37.8 Å². The number of rotatable bonds is 6. The Labute approximate surface area is 125 Å². The first-order valence-corrected chi connectivity index (χ1v) is 6.98. The minimum Gasteiger partial charge on any atom is -0.352 e. The van der Waals surface area contributed by atoms with Gasteiger partial charge in [0, 0.05) is 18.8 Å². The molecule has 2 aromatic rings. The molecular formula is C15H22N6. The number of nitrogens with one attached hydrogen (secondary N) is 2. The van der Waals surface area contributed by atoms with Gasteiger partial charge < -0.3 is 15.5 Å². The van der Waals surface area contributed by atoms with E-state index >= 15 is 0 Å². The lowest BCUT2D eigenvalue weighted by Crippen LogP contribution is -2.21. The van der Waals surface area contributed by atoms with E-state index in [4.69, 9.17) is 0 Å². The summed E-state index contributed by atoms with van der Waals surface area (Å²) in [5.41, 5.74) is 3.49. The van der Waals surface area contributed by atoms with E-state index in [1.807, 2.05) is 26.2 Å². The van der Waals surface area contributed by atoms with Gasteiger partial charge in [-0.05, 0) is 45.1 Å². The third-order valence-electron chi connectivity index (χ3n) is 3.27. The van der Waals surface area contributed by atoms with Gasteiger partial charge >= 0.3 is 0 Å². The predicted octanol–water partition coefficient (Wildman–Crippen LogP) is 2.21. The Morgan fingerprint density at radius 1 is 1.19 bits per heavy atom. The van der Waals surface area contributed by atoms with E-state index in [1.54, 1.807) is 6.20 Å². The quantitative estimate of drug-likeness (QED) is 0.848. The Hall–Kier alpha value is -2.21. The maximum absolute atomic E-state index is 4.42. The molecule has 0 aliphatic rings. The highest BCUT2D eigenvalue weighted by atomic mass is 15.3. The molecule has 1 aromatic carbocycles. The summed E-state index contributed by atoms with van der Waals surface area (Å²) in [4.78, 5) is 6.52. The van der Waals surface area contributed by atoms with Crippen molar-refractivity contribution < 1.29 is 0 Å². The molecule has 6 heteroatoms. The third kappa shape index (κ3) is 4.39. The monoisotopic (exact) mass is 286 g/mol. The Morgan fingerprint density at radius 3 is 2.76 bits per heavy atom. The average molecular weight is 286 g/mol. The van der Waals surface area contributed by atoms with Gasteiger partial charge in [0.15, 0.2) is 5.82 Å². The number of hydrogen-bond acceptors (Lipinski definition) is 6. The van der Waals surface area contributed by atoms with Crippen LogP contribution in [0.3, 0.4) is 0 Å². The maximum atomic E-state index is 4.42. The molecule has 0 amide bonds. The zero-order chi connectivity index (χ0) is 15.2. The molecule has 2 N–H and O–H groups in total. The van der Waals surface area contributed by atoms with Crippen molar-refractivity contribution in [2.45, 2.75) is 13.8 Å². The van der Waals surface area contributed by atoms with Crippen LogP contribution >= 0.6 is 0 Å². The molecule has 0 unspecified atom stereocenters. The van der Waals surface area contributed by atoms with Crippen LogP contribution in [0.15, 0.2) is 24.4 Å². The second kappa shape index (κ2) is 6.99. The maximum Gasteiger partial charge on any atom is 0.244 e. The molecule has 0 saturated carbocycles. The van der Waals surface area contributed by atoms with Crippen LogP contribution in [0.1, 0.15) is 11.1 Å². The molecule has 6 nitrogen and oxygen atoms in total. The van der Waals surface area contributed by atoms with E-state index in [9.17, 15) is 0 Å². The third-order valence-corrected chi connectivity index (χ3v) is 3.27. The highest BCUT2D eigenvalue weighted by Crippen LogP contribution is 2.21. The molecule has 1 aromatic heterocycles. The fourth-order valence-electron chi connectivity index (χ4n) is 1.85. The van der Waals surface area contributed by atoms with E-state index < -0.39 is 0 Å². The van der Waals surface area contributed by atoms with Crippen molar-refractivity contribution in [3.63, 3.8) is 0 Å². The van der Waals surface area contributed by atoms with E-state index in [1.165, 1.54) is 11.1 Å². The van der Waals surface area contributed by atoms with Gasteiger partial charge in [-0.1, -0.05) is 12.1 Å². The molecule has 0 bridgehead atoms. The van der Waals surface area contributed by atoms with Crippen molar-refractivity contribution in [3.8, 4) is 0 Å². The summed E-state index contributed by atoms with van der Waals surface area (Å²) in [6.07, 6.45) is 1.62. The largest absolute Gasteiger partial charge is 0.352 e. The summed E-state index contributed by atoms with van der Waals surface area (Å²) in [6, 6.07) is 6.14. The van der Waals surface area contributed by atoms with E-state index in [2.05, 4.69) is 50.6 Å². The second-order valence-corrected chi connectivity index (χ2v) is 5.27. The first kappa shape index (κ1) is 15.2. The van der Waals surface area contributed by atoms with Crippen LogP contribution in [0.4, 0.5) is 17.5 Å². The summed E-state index contributed by atoms with van der Waals surface area (Å²) >= 11 is 0. The summed E-state index contributed by atoms with van der Waals surface area (Å²) in [6.45, 7) is 5.87. The number of hydrogen-bond donors (Lipinski definition) is 2. The van der Waals surface area contributed by atoms with Crippen LogP contribution < -0.4 is 10.6 Å². The number of aromatic nitrogens is 3. The van der Waals surface area contributed by atoms with Gasteiger partial charge in [-0.25, -0.2) is 0 Å². The van der Waals surface area contributed by atoms with Crippen LogP contribution in [0, 0.1) is 13.8 Å². The van der Waals surface area contributed by atoms with E-state index in [0.29, 0.717) is 11.8 Å². The number of nitrogens with zero attached hydrogens (tertiary/aromatic N) is 4. The van der Waals surface area contributed by atoms with Crippen LogP contribution in [0.25, 0.3) is 0 Å². The number of likely N-dealkylation sites (N-methyl/N-ethyl adjacent to an activating group) is 1. The molecule has 0 atom stereocenters. The molecule has 0 fully saturated rings. The van der Waals surface area contributed by atoms with E-state index in [-0.39, 0.29) is 0 Å². The molecule has 0 aliphatic carbocycles. The van der Waals surface area contributed by atoms with Gasteiger partial charge in [-0.15, -0.1) is 5.10 Å². The number of aryl methyl sites for hydroxylation is 1. The fourth-order valence-corrected chi connectivity index (χ4v) is 1.85. The van der Waals surface area contributed by atoms with Crippen molar-refractivity contribution >= 4 is 17.5 Å². The molecule has 0 saturated heterocycles. The Bertz CT molecular complexity index is 596. The lowest BCUT2D eigenvalue weighted by atomic mass is 10.1. The fraction of sp³-hybridized carbons (Fsp3) is 0.400. The van der Waals surface area contributed by atoms with Gasteiger partial charge in [0.2, 0.25) is 5.95 Å². The van der Waals surface area contributed by atoms with Crippen LogP contribution in [-0.4, -0.2) is 47.3 Å². The lowest BCUT2D eigenvalue weighted by Gasteiger charge is -2.12. The molecule has 112 valence electrons. The van der Waals surface area contributed by atoms with Crippen molar-refractivity contribution in [1.82, 2.24) is 20.1 Å². The molecule has 2 rings (SSSR count). The Morgan fingerprint density at radius 2 is 2.00 bits per heavy atom. The minimum absolute atomic E-state index is 0.534. The van der Waals surface area contributed by atoms with Crippen LogP contribution in [0.2, 0.25) is 0 Å². The van der Waals surface area contributed by atoms with Gasteiger partial charge in [0.25, 0.3) is 0 Å². The first-order valence-electron chi connectivity index (χ1n) is 6.98. The summed E-state index contributed by atoms with van der Waals surface area (Å²) in [5.74, 6) is 1.22. The Kier molecular flexibility index (Phi) is 5.05. The SMILES string of the molecule is Cc1cccc(Nc2cnnc(NCCN(C)C)n2)c1C.